The van der Waals surface area contributed by atoms with E-state index >= 15 is 0 Å². The predicted molar refractivity (Wildman–Crippen MR) is 293 cm³/mol. The van der Waals surface area contributed by atoms with Crippen LogP contribution in [0, 0.1) is 0 Å². The third kappa shape index (κ3) is 6.53. The van der Waals surface area contributed by atoms with Crippen LogP contribution in [0.4, 0.5) is 17.1 Å². The quantitative estimate of drug-likeness (QED) is 0.152. The van der Waals surface area contributed by atoms with Gasteiger partial charge in [0, 0.05) is 60.8 Å². The number of para-hydroxylation sites is 6. The zero-order chi connectivity index (χ0) is 46.1. The van der Waals surface area contributed by atoms with Gasteiger partial charge in [-0.15, -0.1) is 0 Å². The summed E-state index contributed by atoms with van der Waals surface area (Å²) in [6.45, 7) is 0. The molecule has 0 aliphatic rings. The van der Waals surface area contributed by atoms with Gasteiger partial charge in [0.05, 0.1) is 22.1 Å². The number of furan rings is 1. The standard InChI is InChI=1S/C66H43N3O/c1-4-16-50(17-5-1)67(54-34-37-66-60(43-54)58-24-12-15-27-65(58)70-66)53-32-28-44(29-33-53)47-38-48(45-31-36-63-59(41-45)56-23-11-14-26-62(56)68(63)51-18-6-2-7-19-51)40-49(39-47)46-30-35-57-55-22-10-13-25-61(55)69(64(57)42-46)52-20-8-3-9-21-52/h1-43H. The molecule has 4 heteroatoms. The van der Waals surface area contributed by atoms with E-state index in [1.165, 1.54) is 49.2 Å². The minimum absolute atomic E-state index is 0.880. The summed E-state index contributed by atoms with van der Waals surface area (Å²) >= 11 is 0. The number of aromatic nitrogens is 2. The Labute approximate surface area is 404 Å². The topological polar surface area (TPSA) is 26.2 Å². The third-order valence-electron chi connectivity index (χ3n) is 14.1. The Kier molecular flexibility index (Phi) is 9.17. The van der Waals surface area contributed by atoms with Crippen LogP contribution in [0.3, 0.4) is 0 Å². The van der Waals surface area contributed by atoms with Crippen LogP contribution in [0.25, 0.3) is 110 Å². The first-order valence-corrected chi connectivity index (χ1v) is 23.9. The van der Waals surface area contributed by atoms with Gasteiger partial charge in [-0.1, -0.05) is 140 Å². The van der Waals surface area contributed by atoms with E-state index in [-0.39, 0.29) is 0 Å². The predicted octanol–water partition coefficient (Wildman–Crippen LogP) is 18.3. The lowest BCUT2D eigenvalue weighted by Crippen LogP contribution is -2.09. The second-order valence-corrected chi connectivity index (χ2v) is 18.1. The lowest BCUT2D eigenvalue weighted by atomic mass is 9.92. The summed E-state index contributed by atoms with van der Waals surface area (Å²) in [5.41, 5.74) is 19.0. The van der Waals surface area contributed by atoms with Crippen molar-refractivity contribution in [2.45, 2.75) is 0 Å². The van der Waals surface area contributed by atoms with E-state index in [0.717, 1.165) is 78.2 Å². The van der Waals surface area contributed by atoms with E-state index in [1.807, 2.05) is 12.1 Å². The number of hydrogen-bond donors (Lipinski definition) is 0. The lowest BCUT2D eigenvalue weighted by Gasteiger charge is -2.25. The molecule has 0 spiro atoms. The van der Waals surface area contributed by atoms with Gasteiger partial charge in [-0.05, 0) is 155 Å². The lowest BCUT2D eigenvalue weighted by molar-refractivity contribution is 0.669. The minimum atomic E-state index is 0.880. The van der Waals surface area contributed by atoms with Crippen LogP contribution >= 0.6 is 0 Å². The van der Waals surface area contributed by atoms with E-state index in [9.17, 15) is 0 Å². The van der Waals surface area contributed by atoms with E-state index in [4.69, 9.17) is 4.42 Å². The van der Waals surface area contributed by atoms with Crippen molar-refractivity contribution in [3.05, 3.63) is 261 Å². The van der Waals surface area contributed by atoms with Crippen molar-refractivity contribution < 1.29 is 4.42 Å². The highest BCUT2D eigenvalue weighted by atomic mass is 16.3. The molecule has 3 heterocycles. The van der Waals surface area contributed by atoms with Crippen LogP contribution in [-0.2, 0) is 0 Å². The van der Waals surface area contributed by atoms with Crippen molar-refractivity contribution in [2.75, 3.05) is 4.90 Å². The maximum Gasteiger partial charge on any atom is 0.135 e. The van der Waals surface area contributed by atoms with Gasteiger partial charge in [-0.25, -0.2) is 0 Å². The molecule has 0 saturated heterocycles. The van der Waals surface area contributed by atoms with Gasteiger partial charge in [0.25, 0.3) is 0 Å². The molecular weight excluding hydrogens is 851 g/mol. The molecule has 70 heavy (non-hydrogen) atoms. The largest absolute Gasteiger partial charge is 0.456 e. The van der Waals surface area contributed by atoms with Crippen molar-refractivity contribution in [1.29, 1.82) is 0 Å². The minimum Gasteiger partial charge on any atom is -0.456 e. The van der Waals surface area contributed by atoms with Gasteiger partial charge in [0.1, 0.15) is 11.2 Å². The van der Waals surface area contributed by atoms with Crippen molar-refractivity contribution in [1.82, 2.24) is 9.13 Å². The van der Waals surface area contributed by atoms with Gasteiger partial charge in [0.15, 0.2) is 0 Å². The van der Waals surface area contributed by atoms with Gasteiger partial charge in [0.2, 0.25) is 0 Å². The Balaban J connectivity index is 0.941. The SMILES string of the molecule is c1ccc(N(c2ccc(-c3cc(-c4ccc5c(c4)c4ccccc4n5-c4ccccc4)cc(-c4ccc5c6ccccc6n(-c6ccccc6)c5c4)c3)cc2)c2ccc3oc4ccccc4c3c2)cc1. The summed E-state index contributed by atoms with van der Waals surface area (Å²) in [6.07, 6.45) is 0. The highest BCUT2D eigenvalue weighted by Gasteiger charge is 2.19. The first kappa shape index (κ1) is 39.8. The van der Waals surface area contributed by atoms with Crippen LogP contribution in [0.1, 0.15) is 0 Å². The van der Waals surface area contributed by atoms with Gasteiger partial charge in [-0.2, -0.15) is 0 Å². The molecule has 0 unspecified atom stereocenters. The molecule has 0 aliphatic carbocycles. The Hall–Kier alpha value is -9.38. The van der Waals surface area contributed by atoms with E-state index in [0.29, 0.717) is 0 Å². The second-order valence-electron chi connectivity index (χ2n) is 18.1. The normalized spacial score (nSPS) is 11.7. The molecule has 328 valence electrons. The Morgan fingerprint density at radius 1 is 0.243 bits per heavy atom. The summed E-state index contributed by atoms with van der Waals surface area (Å²) in [5, 5.41) is 7.15. The molecule has 0 fully saturated rings. The van der Waals surface area contributed by atoms with Crippen LogP contribution in [-0.4, -0.2) is 9.13 Å². The van der Waals surface area contributed by atoms with Crippen LogP contribution < -0.4 is 4.90 Å². The fraction of sp³-hybridized carbons (Fsp3) is 0. The zero-order valence-corrected chi connectivity index (χ0v) is 38.1. The first-order chi connectivity index (χ1) is 34.7. The number of rotatable bonds is 8. The number of benzene rings is 11. The molecule has 11 aromatic carbocycles. The van der Waals surface area contributed by atoms with Gasteiger partial charge < -0.3 is 18.5 Å². The van der Waals surface area contributed by atoms with Gasteiger partial charge >= 0.3 is 0 Å². The third-order valence-corrected chi connectivity index (χ3v) is 14.1. The highest BCUT2D eigenvalue weighted by molar-refractivity contribution is 6.12. The van der Waals surface area contributed by atoms with Crippen LogP contribution in [0.2, 0.25) is 0 Å². The Morgan fingerprint density at radius 2 is 0.700 bits per heavy atom. The van der Waals surface area contributed by atoms with Gasteiger partial charge in [-0.3, -0.25) is 0 Å². The summed E-state index contributed by atoms with van der Waals surface area (Å²) in [6, 6.07) is 94.4. The molecule has 14 aromatic rings. The molecule has 4 nitrogen and oxygen atoms in total. The molecule has 0 radical (unpaired) electrons. The summed E-state index contributed by atoms with van der Waals surface area (Å²) in [7, 11) is 0. The van der Waals surface area contributed by atoms with E-state index in [1.54, 1.807) is 0 Å². The molecule has 0 amide bonds. The molecule has 0 saturated carbocycles. The first-order valence-electron chi connectivity index (χ1n) is 23.9. The summed E-state index contributed by atoms with van der Waals surface area (Å²) < 4.78 is 11.0. The number of anilines is 3. The molecule has 14 rings (SSSR count). The summed E-state index contributed by atoms with van der Waals surface area (Å²) in [4.78, 5) is 2.33. The van der Waals surface area contributed by atoms with Crippen LogP contribution in [0.5, 0.6) is 0 Å². The zero-order valence-electron chi connectivity index (χ0n) is 38.1. The fourth-order valence-electron chi connectivity index (χ4n) is 10.8. The molecule has 0 aliphatic heterocycles. The number of fused-ring (bicyclic) bond motifs is 9. The number of nitrogens with zero attached hydrogens (tertiary/aromatic N) is 3. The average Bonchev–Trinajstić information content (AvgIpc) is 4.09. The second kappa shape index (κ2) is 16.2. The van der Waals surface area contributed by atoms with Crippen molar-refractivity contribution >= 4 is 82.6 Å². The average molecular weight is 894 g/mol. The van der Waals surface area contributed by atoms with E-state index in [2.05, 4.69) is 263 Å². The van der Waals surface area contributed by atoms with Crippen LogP contribution in [0.15, 0.2) is 265 Å². The smallest absolute Gasteiger partial charge is 0.135 e. The molecule has 0 N–H and O–H groups in total. The van der Waals surface area contributed by atoms with Crippen molar-refractivity contribution in [3.63, 3.8) is 0 Å². The maximum atomic E-state index is 6.25. The maximum absolute atomic E-state index is 6.25. The fourth-order valence-corrected chi connectivity index (χ4v) is 10.8. The van der Waals surface area contributed by atoms with E-state index < -0.39 is 0 Å². The molecular formula is C66H43N3O. The Morgan fingerprint density at radius 3 is 1.39 bits per heavy atom. The monoisotopic (exact) mass is 893 g/mol. The molecule has 0 atom stereocenters. The van der Waals surface area contributed by atoms with Crippen molar-refractivity contribution in [2.24, 2.45) is 0 Å². The molecule has 0 bridgehead atoms. The number of hydrogen-bond acceptors (Lipinski definition) is 2. The highest BCUT2D eigenvalue weighted by Crippen LogP contribution is 2.42. The Bertz CT molecular complexity index is 4280. The van der Waals surface area contributed by atoms with Crippen molar-refractivity contribution in [3.8, 4) is 44.8 Å². The molecule has 3 aromatic heterocycles. The summed E-state index contributed by atoms with van der Waals surface area (Å²) in [5.74, 6) is 0.